The van der Waals surface area contributed by atoms with Crippen LogP contribution < -0.4 is 14.7 Å². The van der Waals surface area contributed by atoms with Gasteiger partial charge in [-0.3, -0.25) is 14.4 Å². The molecule has 0 unspecified atom stereocenters. The molecule has 3 saturated heterocycles. The third kappa shape index (κ3) is 11.0. The van der Waals surface area contributed by atoms with E-state index in [2.05, 4.69) is 59.4 Å². The van der Waals surface area contributed by atoms with Gasteiger partial charge in [-0.2, -0.15) is 0 Å². The average Bonchev–Trinajstić information content (AvgIpc) is 1.21. The van der Waals surface area contributed by atoms with Crippen LogP contribution in [0, 0.1) is 44.4 Å². The van der Waals surface area contributed by atoms with Crippen LogP contribution >= 0.6 is 0 Å². The van der Waals surface area contributed by atoms with Gasteiger partial charge in [-0.1, -0.05) is 20.6 Å². The summed E-state index contributed by atoms with van der Waals surface area (Å²) in [4.78, 5) is 82.2. The molecular formula is C49H62N18O3. The van der Waals surface area contributed by atoms with Crippen molar-refractivity contribution in [3.05, 3.63) is 89.4 Å². The van der Waals surface area contributed by atoms with E-state index in [0.717, 1.165) is 9.80 Å². The van der Waals surface area contributed by atoms with E-state index in [4.69, 9.17) is 55.4 Å². The molecule has 6 aromatic heterocycles. The monoisotopic (exact) mass is 978 g/mol. The quantitative estimate of drug-likeness (QED) is 0.164. The number of carbonyl (C=O) groups is 3. The molecule has 70 heavy (non-hydrogen) atoms. The summed E-state index contributed by atoms with van der Waals surface area (Å²) in [7, 11) is 2.67. The van der Waals surface area contributed by atoms with Gasteiger partial charge in [0, 0.05) is 103 Å². The minimum atomic E-state index is -3.40. The number of aryl methyl sites for hydroxylation is 1. The second-order valence-corrected chi connectivity index (χ2v) is 15.4. The molecule has 0 saturated carbocycles. The Labute approximate surface area is 446 Å². The number of H-pyrrole nitrogens is 3. The molecule has 3 fully saturated rings. The minimum absolute atomic E-state index is 0.0153. The highest BCUT2D eigenvalue weighted by Crippen LogP contribution is 2.32. The molecule has 3 N–H and O–H groups in total. The number of rotatable bonds is 9. The molecule has 3 aliphatic rings. The number of likely N-dealkylation sites (tertiary alicyclic amines) is 3. The maximum absolute atomic E-state index is 12.6. The Morgan fingerprint density at radius 1 is 0.743 bits per heavy atom. The number of aromatic nitrogens is 9. The van der Waals surface area contributed by atoms with Crippen LogP contribution in [0.15, 0.2) is 49.5 Å². The highest BCUT2D eigenvalue weighted by molar-refractivity contribution is 5.89. The Balaban J connectivity index is 0.000000205. The van der Waals surface area contributed by atoms with Gasteiger partial charge in [-0.05, 0) is 62.0 Å². The molecule has 3 aliphatic heterocycles. The fourth-order valence-corrected chi connectivity index (χ4v) is 7.25. The highest BCUT2D eigenvalue weighted by Gasteiger charge is 2.36. The third-order valence-electron chi connectivity index (χ3n) is 10.8. The zero-order valence-electron chi connectivity index (χ0n) is 64.8. The number of anilines is 3. The van der Waals surface area contributed by atoms with E-state index in [9.17, 15) is 15.8 Å². The summed E-state index contributed by atoms with van der Waals surface area (Å²) < 4.78 is 224. The fraction of sp³-hybridized carbons (Fsp3) is 0.510. The Hall–Kier alpha value is -7.86. The molecule has 6 atom stereocenters. The lowest BCUT2D eigenvalue weighted by Crippen LogP contribution is -2.53. The first-order valence-electron chi connectivity index (χ1n) is 34.4. The second kappa shape index (κ2) is 22.5. The van der Waals surface area contributed by atoms with Crippen LogP contribution in [0.1, 0.15) is 82.5 Å². The van der Waals surface area contributed by atoms with Crippen molar-refractivity contribution >= 4 is 68.3 Å². The number of nitrogens with one attached hydrogen (secondary N) is 3. The Kier molecular flexibility index (Phi) is 8.25. The molecule has 0 aliphatic carbocycles. The molecule has 9 heterocycles. The Morgan fingerprint density at radius 3 is 1.76 bits per heavy atom. The Morgan fingerprint density at radius 2 is 1.24 bits per heavy atom. The molecule has 6 aromatic rings. The van der Waals surface area contributed by atoms with Gasteiger partial charge in [-0.25, -0.2) is 49.6 Å². The zero-order chi connectivity index (χ0) is 73.6. The summed E-state index contributed by atoms with van der Waals surface area (Å²) in [6.45, 7) is -1.64. The van der Waals surface area contributed by atoms with E-state index in [1.54, 1.807) is 12.3 Å². The van der Waals surface area contributed by atoms with E-state index < -0.39 is 164 Å². The van der Waals surface area contributed by atoms with E-state index in [0.29, 0.717) is 15.9 Å². The van der Waals surface area contributed by atoms with Crippen LogP contribution in [-0.2, 0) is 14.4 Å². The third-order valence-corrected chi connectivity index (χ3v) is 10.8. The largest absolute Gasteiger partial charge is 0.354 e. The first-order valence-corrected chi connectivity index (χ1v) is 20.9. The van der Waals surface area contributed by atoms with E-state index in [-0.39, 0.29) is 68.1 Å². The lowest BCUT2D eigenvalue weighted by molar-refractivity contribution is -0.131. The summed E-state index contributed by atoms with van der Waals surface area (Å²) in [6.07, 6.45) is -4.93. The number of hydrogen-bond donors (Lipinski definition) is 3. The topological polar surface area (TPSA) is 208 Å². The lowest BCUT2D eigenvalue weighted by atomic mass is 9.92. The first-order chi connectivity index (χ1) is 44.2. The van der Waals surface area contributed by atoms with E-state index in [1.807, 2.05) is 0 Å². The number of aromatic amines is 3. The van der Waals surface area contributed by atoms with Gasteiger partial charge >= 0.3 is 17.7 Å². The zero-order valence-corrected chi connectivity index (χ0v) is 37.8. The van der Waals surface area contributed by atoms with Crippen molar-refractivity contribution < 1.29 is 51.4 Å². The summed E-state index contributed by atoms with van der Waals surface area (Å²) >= 11 is 0. The molecule has 21 nitrogen and oxygen atoms in total. The maximum Gasteiger partial charge on any atom is 0.302 e. The number of carbonyl (C=O) groups excluding carboxylic acids is 3. The van der Waals surface area contributed by atoms with Gasteiger partial charge in [0.1, 0.15) is 57.4 Å². The maximum atomic E-state index is 12.6. The van der Waals surface area contributed by atoms with Crippen molar-refractivity contribution in [2.45, 2.75) is 64.8 Å². The summed E-state index contributed by atoms with van der Waals surface area (Å²) in [5.74, 6) is -9.98. The summed E-state index contributed by atoms with van der Waals surface area (Å²) in [5, 5.41) is 0.584. The number of likely N-dealkylation sites (N-methyl/N-ethyl adjacent to an activating group) is 3. The van der Waals surface area contributed by atoms with Gasteiger partial charge in [0.2, 0.25) is 0 Å². The minimum Gasteiger partial charge on any atom is -0.354 e. The predicted molar refractivity (Wildman–Crippen MR) is 268 cm³/mol. The molecule has 9 rings (SSSR count). The van der Waals surface area contributed by atoms with Crippen LogP contribution in [0.5, 0.6) is 0 Å². The molecule has 0 spiro atoms. The van der Waals surface area contributed by atoms with Crippen molar-refractivity contribution in [2.75, 3.05) is 94.5 Å². The second-order valence-electron chi connectivity index (χ2n) is 15.4. The molecule has 21 heteroatoms. The van der Waals surface area contributed by atoms with Crippen LogP contribution in [-0.4, -0.2) is 175 Å². The number of piperidine rings is 3. The lowest BCUT2D eigenvalue weighted by Gasteiger charge is -2.41. The van der Waals surface area contributed by atoms with Crippen LogP contribution in [0.25, 0.3) is 47.6 Å². The highest BCUT2D eigenvalue weighted by atomic mass is 16.2. The van der Waals surface area contributed by atoms with Crippen molar-refractivity contribution in [2.24, 2.45) is 17.7 Å². The standard InChI is InChI=1S/C17H22N6O.2C16H20N6O/c1-11-5-6-23(15(24)8-18-3)9-14(11)22(4)17-13-7-12(2)21-16(13)19-10-20-17;2*1-11-5-7-22(14(23)8-17-2)9-13(11)21(3)16-12-4-6-18-15(12)19-10-20-16/h7,10-11,14H,5-6,8-9H2,1-2,4H3,(H,19,20,21);2*4,6,10-11,13H,5,7-9H2,1,3H3,(H,18,19,20)/t11-,14+;2*11-,13+/m111/s1/i1D3,4D3,7D,10D,11D,14D;1D3,5D2,7D2,9D2,10D;5D2,7D2,9D2,10D. The van der Waals surface area contributed by atoms with E-state index in [1.165, 1.54) is 45.1 Å². The molecule has 0 aromatic carbocycles. The van der Waals surface area contributed by atoms with Gasteiger partial charge < -0.3 is 58.9 Å². The van der Waals surface area contributed by atoms with Crippen LogP contribution in [0.3, 0.4) is 0 Å². The van der Waals surface area contributed by atoms with Crippen molar-refractivity contribution in [3.63, 3.8) is 0 Å². The summed E-state index contributed by atoms with van der Waals surface area (Å²) in [5.41, 5.74) is 0.737. The first kappa shape index (κ1) is 25.7. The molecule has 0 radical (unpaired) electrons. The average molecular weight is 978 g/mol. The molecular weight excluding hydrogens is 889 g/mol. The smallest absolute Gasteiger partial charge is 0.302 e. The number of fused-ring (bicyclic) bond motifs is 3. The van der Waals surface area contributed by atoms with Gasteiger partial charge in [-0.15, -0.1) is 0 Å². The van der Waals surface area contributed by atoms with Gasteiger partial charge in [0.05, 0.1) is 42.5 Å². The van der Waals surface area contributed by atoms with Crippen molar-refractivity contribution in [3.8, 4) is 0 Å². The van der Waals surface area contributed by atoms with Crippen LogP contribution in [0.4, 0.5) is 17.5 Å². The van der Waals surface area contributed by atoms with E-state index >= 15 is 0 Å². The SMILES string of the molecule is [2H]c1nc(N(C([2H])([2H])[2H])[C@@]2([2H])CN(C(=O)C[N+]#[C-])CC[C@@]2([2H])C([2H])([2H])[2H])c2c([2H])c(C)[nH]c2n1.[2H]c1nc(N(C)[C@@H]2[C@H](C([2H])([2H])[2H])C([2H])([2H])C([2H])([2H])N(C(=O)C[N+]#[C-])C2([2H])[2H])c2cc[nH]c2n1.[2H]c1nc(N(C)[C@@H]2[C@H](C)C([2H])([2H])C([2H])([2H])N(C(=O)C[N+]#[C-])C2([2H])[2H])c2cc[nH]c2n1. The summed E-state index contributed by atoms with van der Waals surface area (Å²) in [6, 6.07) is -3.28. The van der Waals surface area contributed by atoms with Crippen molar-refractivity contribution in [1.29, 1.82) is 0 Å². The Bertz CT molecular complexity index is 4150. The molecule has 366 valence electrons. The number of hydrogen-bond acceptors (Lipinski definition) is 12. The molecule has 0 bridgehead atoms. The number of nitrogens with zero attached hydrogens (tertiary/aromatic N) is 15. The normalized spacial score (nSPS) is 33.7. The van der Waals surface area contributed by atoms with Crippen LogP contribution in [0.2, 0.25) is 0 Å². The van der Waals surface area contributed by atoms with Crippen molar-refractivity contribution in [1.82, 2.24) is 59.6 Å². The predicted octanol–water partition coefficient (Wildman–Crippen LogP) is 4.96. The molecule has 3 amide bonds. The fourth-order valence-electron chi connectivity index (χ4n) is 7.25. The van der Waals surface area contributed by atoms with Gasteiger partial charge in [0.25, 0.3) is 19.6 Å². The van der Waals surface area contributed by atoms with Gasteiger partial charge in [0.15, 0.2) is 0 Å². The number of amides is 3.